The maximum absolute atomic E-state index is 11.8. The first-order valence-electron chi connectivity index (χ1n) is 8.01. The Hall–Kier alpha value is -1.59. The van der Waals surface area contributed by atoms with Crippen molar-refractivity contribution < 1.29 is 14.3 Å². The largest absolute Gasteiger partial charge is 0.399 e. The van der Waals surface area contributed by atoms with E-state index in [1.165, 1.54) is 0 Å². The highest BCUT2D eigenvalue weighted by Gasteiger charge is 2.15. The summed E-state index contributed by atoms with van der Waals surface area (Å²) < 4.78 is 10.9. The first-order valence-corrected chi connectivity index (χ1v) is 8.01. The van der Waals surface area contributed by atoms with Crippen LogP contribution in [0.5, 0.6) is 0 Å². The molecule has 0 bridgehead atoms. The molecule has 1 aliphatic rings. The molecule has 0 saturated carbocycles. The number of aryl methyl sites for hydroxylation is 1. The van der Waals surface area contributed by atoms with Gasteiger partial charge in [0.15, 0.2) is 0 Å². The lowest BCUT2D eigenvalue weighted by atomic mass is 10.1. The van der Waals surface area contributed by atoms with Gasteiger partial charge in [0.05, 0.1) is 13.2 Å². The van der Waals surface area contributed by atoms with E-state index in [0.29, 0.717) is 31.9 Å². The van der Waals surface area contributed by atoms with Crippen LogP contribution in [0.15, 0.2) is 24.3 Å². The molecule has 0 aromatic heterocycles. The van der Waals surface area contributed by atoms with Crippen molar-refractivity contribution in [2.45, 2.75) is 25.7 Å². The van der Waals surface area contributed by atoms with E-state index in [1.807, 2.05) is 24.3 Å². The van der Waals surface area contributed by atoms with Crippen molar-refractivity contribution in [1.29, 1.82) is 0 Å². The molecule has 0 aliphatic carbocycles. The number of nitrogens with one attached hydrogen (secondary N) is 1. The van der Waals surface area contributed by atoms with Crippen molar-refractivity contribution >= 4 is 11.6 Å². The number of ether oxygens (including phenoxy) is 2. The van der Waals surface area contributed by atoms with Crippen molar-refractivity contribution in [3.63, 3.8) is 0 Å². The highest BCUT2D eigenvalue weighted by atomic mass is 16.5. The molecule has 1 saturated heterocycles. The fourth-order valence-electron chi connectivity index (χ4n) is 2.47. The average Bonchev–Trinajstić information content (AvgIpc) is 3.03. The lowest BCUT2D eigenvalue weighted by molar-refractivity contribution is -0.121. The van der Waals surface area contributed by atoms with Crippen LogP contribution >= 0.6 is 0 Å². The second-order valence-corrected chi connectivity index (χ2v) is 5.71. The predicted octanol–water partition coefficient (Wildman–Crippen LogP) is 1.76. The average molecular weight is 306 g/mol. The summed E-state index contributed by atoms with van der Waals surface area (Å²) in [5.41, 5.74) is 7.63. The van der Waals surface area contributed by atoms with E-state index < -0.39 is 0 Å². The lowest BCUT2D eigenvalue weighted by Gasteiger charge is -2.09. The molecule has 2 rings (SSSR count). The van der Waals surface area contributed by atoms with Gasteiger partial charge in [0, 0.05) is 37.8 Å². The molecular formula is C17H26N2O3. The molecule has 1 atom stereocenters. The fraction of sp³-hybridized carbons (Fsp3) is 0.588. The van der Waals surface area contributed by atoms with Crippen molar-refractivity contribution in [2.24, 2.45) is 5.92 Å². The Bertz CT molecular complexity index is 459. The summed E-state index contributed by atoms with van der Waals surface area (Å²) in [5.74, 6) is 0.610. The van der Waals surface area contributed by atoms with Crippen LogP contribution in [0.3, 0.4) is 0 Å². The monoisotopic (exact) mass is 306 g/mol. The number of hydrogen-bond acceptors (Lipinski definition) is 4. The van der Waals surface area contributed by atoms with Gasteiger partial charge >= 0.3 is 0 Å². The summed E-state index contributed by atoms with van der Waals surface area (Å²) in [7, 11) is 0. The van der Waals surface area contributed by atoms with E-state index in [-0.39, 0.29) is 5.91 Å². The molecule has 0 radical (unpaired) electrons. The van der Waals surface area contributed by atoms with Crippen LogP contribution in [0.25, 0.3) is 0 Å². The molecule has 1 aliphatic heterocycles. The Balaban J connectivity index is 1.48. The minimum atomic E-state index is 0.0624. The Kier molecular flexibility index (Phi) is 7.19. The Morgan fingerprint density at radius 3 is 3.05 bits per heavy atom. The first-order chi connectivity index (χ1) is 10.8. The van der Waals surface area contributed by atoms with Gasteiger partial charge < -0.3 is 20.5 Å². The molecule has 22 heavy (non-hydrogen) atoms. The molecule has 1 aromatic rings. The standard InChI is InChI=1S/C17H26N2O3/c18-16-5-2-1-4-15(16)6-7-17(20)19-9-3-10-21-12-14-8-11-22-13-14/h1-2,4-5,14H,3,6-13,18H2,(H,19,20). The summed E-state index contributed by atoms with van der Waals surface area (Å²) in [6.07, 6.45) is 3.08. The SMILES string of the molecule is Nc1ccccc1CCC(=O)NCCCOCC1CCOC1. The van der Waals surface area contributed by atoms with Crippen molar-refractivity contribution in [2.75, 3.05) is 38.7 Å². The topological polar surface area (TPSA) is 73.6 Å². The van der Waals surface area contributed by atoms with Gasteiger partial charge in [0.25, 0.3) is 0 Å². The molecule has 5 heteroatoms. The summed E-state index contributed by atoms with van der Waals surface area (Å²) in [5, 5.41) is 2.92. The quantitative estimate of drug-likeness (QED) is 0.538. The number of nitrogens with two attached hydrogens (primary N) is 1. The van der Waals surface area contributed by atoms with Gasteiger partial charge in [-0.2, -0.15) is 0 Å². The summed E-state index contributed by atoms with van der Waals surface area (Å²) in [6.45, 7) is 3.78. The van der Waals surface area contributed by atoms with Crippen molar-refractivity contribution in [1.82, 2.24) is 5.32 Å². The van der Waals surface area contributed by atoms with Gasteiger partial charge in [-0.1, -0.05) is 18.2 Å². The van der Waals surface area contributed by atoms with Crippen LogP contribution in [0.4, 0.5) is 5.69 Å². The van der Waals surface area contributed by atoms with Crippen LogP contribution in [0, 0.1) is 5.92 Å². The first kappa shape index (κ1) is 16.8. The maximum Gasteiger partial charge on any atom is 0.220 e. The fourth-order valence-corrected chi connectivity index (χ4v) is 2.47. The Morgan fingerprint density at radius 1 is 1.41 bits per heavy atom. The highest BCUT2D eigenvalue weighted by molar-refractivity contribution is 5.76. The molecule has 0 spiro atoms. The van der Waals surface area contributed by atoms with E-state index in [1.54, 1.807) is 0 Å². The summed E-state index contributed by atoms with van der Waals surface area (Å²) in [6, 6.07) is 7.66. The lowest BCUT2D eigenvalue weighted by Crippen LogP contribution is -2.25. The predicted molar refractivity (Wildman–Crippen MR) is 86.5 cm³/mol. The Labute approximate surface area is 132 Å². The molecule has 1 unspecified atom stereocenters. The van der Waals surface area contributed by atoms with Gasteiger partial charge in [-0.15, -0.1) is 0 Å². The maximum atomic E-state index is 11.8. The van der Waals surface area contributed by atoms with Crippen LogP contribution in [-0.2, 0) is 20.7 Å². The van der Waals surface area contributed by atoms with Crippen LogP contribution in [0.1, 0.15) is 24.8 Å². The third-order valence-electron chi connectivity index (χ3n) is 3.84. The van der Waals surface area contributed by atoms with Gasteiger partial charge in [-0.25, -0.2) is 0 Å². The summed E-state index contributed by atoms with van der Waals surface area (Å²) in [4.78, 5) is 11.8. The second kappa shape index (κ2) is 9.43. The van der Waals surface area contributed by atoms with E-state index >= 15 is 0 Å². The summed E-state index contributed by atoms with van der Waals surface area (Å²) >= 11 is 0. The van der Waals surface area contributed by atoms with E-state index in [2.05, 4.69) is 5.32 Å². The van der Waals surface area contributed by atoms with Crippen LogP contribution in [-0.4, -0.2) is 38.9 Å². The zero-order chi connectivity index (χ0) is 15.6. The molecule has 5 nitrogen and oxygen atoms in total. The number of rotatable bonds is 9. The van der Waals surface area contributed by atoms with E-state index in [9.17, 15) is 4.79 Å². The van der Waals surface area contributed by atoms with Crippen LogP contribution in [0.2, 0.25) is 0 Å². The third kappa shape index (κ3) is 6.03. The number of carbonyl (C=O) groups excluding carboxylic acids is 1. The minimum absolute atomic E-state index is 0.0624. The smallest absolute Gasteiger partial charge is 0.220 e. The third-order valence-corrected chi connectivity index (χ3v) is 3.84. The number of hydrogen-bond donors (Lipinski definition) is 2. The number of benzene rings is 1. The van der Waals surface area contributed by atoms with Gasteiger partial charge in [0.2, 0.25) is 5.91 Å². The van der Waals surface area contributed by atoms with Gasteiger partial charge in [-0.3, -0.25) is 4.79 Å². The molecule has 1 heterocycles. The molecule has 3 N–H and O–H groups in total. The number of para-hydroxylation sites is 1. The van der Waals surface area contributed by atoms with Crippen LogP contribution < -0.4 is 11.1 Å². The second-order valence-electron chi connectivity index (χ2n) is 5.71. The van der Waals surface area contributed by atoms with Gasteiger partial charge in [0.1, 0.15) is 0 Å². The number of carbonyl (C=O) groups is 1. The van der Waals surface area contributed by atoms with E-state index in [4.69, 9.17) is 15.2 Å². The number of nitrogen functional groups attached to an aromatic ring is 1. The normalized spacial score (nSPS) is 17.5. The molecule has 1 amide bonds. The number of anilines is 1. The molecular weight excluding hydrogens is 280 g/mol. The van der Waals surface area contributed by atoms with E-state index in [0.717, 1.165) is 43.9 Å². The van der Waals surface area contributed by atoms with Crippen molar-refractivity contribution in [3.8, 4) is 0 Å². The zero-order valence-corrected chi connectivity index (χ0v) is 13.1. The Morgan fingerprint density at radius 2 is 2.27 bits per heavy atom. The van der Waals surface area contributed by atoms with Crippen molar-refractivity contribution in [3.05, 3.63) is 29.8 Å². The van der Waals surface area contributed by atoms with Gasteiger partial charge in [-0.05, 0) is 30.9 Å². The molecule has 1 aromatic carbocycles. The molecule has 122 valence electrons. The highest BCUT2D eigenvalue weighted by Crippen LogP contribution is 2.13. The number of amides is 1. The zero-order valence-electron chi connectivity index (χ0n) is 13.1. The minimum Gasteiger partial charge on any atom is -0.399 e. The molecule has 1 fully saturated rings.